The summed E-state index contributed by atoms with van der Waals surface area (Å²) in [5, 5.41) is 45.3. The lowest BCUT2D eigenvalue weighted by molar-refractivity contribution is -0.376. The maximum absolute atomic E-state index is 9.82. The minimum atomic E-state index is -0.961. The first-order valence-corrected chi connectivity index (χ1v) is 36.8. The number of carbonyl (C=O) groups excluding carboxylic acids is 3. The number of aromatic hydroxyl groups is 1. The number of hydrogen-bond donors (Lipinski definition) is 9. The molecule has 0 radical (unpaired) electrons. The molecule has 0 aliphatic carbocycles. The van der Waals surface area contributed by atoms with Crippen LogP contribution in [0.3, 0.4) is 0 Å². The molecule has 5 rings (SSSR count). The number of amides is 2. The summed E-state index contributed by atoms with van der Waals surface area (Å²) in [5.74, 6) is 3.40. The second kappa shape index (κ2) is 98.2. The number of aliphatic hydroxyl groups is 2. The van der Waals surface area contributed by atoms with E-state index in [0.29, 0.717) is 30.8 Å². The Morgan fingerprint density at radius 1 is 0.617 bits per heavy atom. The number of aliphatic carboxylic acids is 1. The molecule has 0 aliphatic rings. The number of H-pyrrole nitrogens is 3. The maximum atomic E-state index is 9.82. The summed E-state index contributed by atoms with van der Waals surface area (Å²) < 4.78 is 0. The number of para-hydroxylation sites is 1. The van der Waals surface area contributed by atoms with Crippen molar-refractivity contribution in [1.29, 1.82) is 0 Å². The largest absolute Gasteiger partial charge is 0.550 e. The zero-order chi connectivity index (χ0) is 75.4. The number of phenols is 1. The number of phenolic OH excluding ortho intramolecular Hbond substituents is 1. The van der Waals surface area contributed by atoms with Crippen molar-refractivity contribution < 1.29 is 39.8 Å². The highest BCUT2D eigenvalue weighted by Gasteiger charge is 2.00. The van der Waals surface area contributed by atoms with Gasteiger partial charge in [-0.1, -0.05) is 271 Å². The summed E-state index contributed by atoms with van der Waals surface area (Å²) in [6, 6.07) is 25.9. The number of aryl methyl sites for hydroxylation is 4. The molecule has 5 aromatic rings. The topological polar surface area (TPSA) is 284 Å². The van der Waals surface area contributed by atoms with Crippen LogP contribution in [0.2, 0.25) is 0 Å². The number of nitrogens with zero attached hydrogens (tertiary/aromatic N) is 1. The van der Waals surface area contributed by atoms with Gasteiger partial charge in [-0.05, 0) is 125 Å². The number of aromatic nitrogens is 4. The van der Waals surface area contributed by atoms with Crippen molar-refractivity contribution in [3.05, 3.63) is 126 Å². The van der Waals surface area contributed by atoms with Crippen LogP contribution in [0.1, 0.15) is 285 Å². The summed E-state index contributed by atoms with van der Waals surface area (Å²) in [6.07, 6.45) is 24.5. The fourth-order valence-electron chi connectivity index (χ4n) is 4.83. The monoisotopic (exact) mass is 1350 g/mol. The minimum absolute atomic E-state index is 0.167. The molecule has 554 valence electrons. The van der Waals surface area contributed by atoms with Crippen LogP contribution in [0.25, 0.3) is 10.9 Å². The fourth-order valence-corrected chi connectivity index (χ4v) is 5.24. The molecule has 13 N–H and O–H groups in total. The van der Waals surface area contributed by atoms with Gasteiger partial charge in [0.05, 0.1) is 11.3 Å². The normalized spacial score (nSPS) is 8.85. The molecule has 2 aromatic heterocycles. The summed E-state index contributed by atoms with van der Waals surface area (Å²) in [7, 11) is 0. The number of carbonyl (C=O) groups is 3. The van der Waals surface area contributed by atoms with Crippen molar-refractivity contribution in [2.75, 3.05) is 25.2 Å². The van der Waals surface area contributed by atoms with Crippen LogP contribution in [-0.4, -0.2) is 79.5 Å². The van der Waals surface area contributed by atoms with Gasteiger partial charge in [0.15, 0.2) is 0 Å². The van der Waals surface area contributed by atoms with E-state index >= 15 is 0 Å². The van der Waals surface area contributed by atoms with Crippen molar-refractivity contribution in [2.24, 2.45) is 35.0 Å². The van der Waals surface area contributed by atoms with Crippen LogP contribution < -0.4 is 32.6 Å². The van der Waals surface area contributed by atoms with Crippen LogP contribution in [0.15, 0.2) is 104 Å². The number of aliphatic hydroxyl groups excluding tert-OH is 2. The van der Waals surface area contributed by atoms with Gasteiger partial charge >= 0.3 is 0 Å². The van der Waals surface area contributed by atoms with E-state index in [1.807, 2.05) is 81.5 Å². The number of fused-ring (bicyclic) bond motifs is 1. The zero-order valence-electron chi connectivity index (χ0n) is 65.6. The van der Waals surface area contributed by atoms with Crippen molar-refractivity contribution in [1.82, 2.24) is 20.5 Å². The van der Waals surface area contributed by atoms with E-state index in [-0.39, 0.29) is 30.9 Å². The van der Waals surface area contributed by atoms with E-state index in [9.17, 15) is 19.5 Å². The van der Waals surface area contributed by atoms with Gasteiger partial charge in [0.2, 0.25) is 18.1 Å². The lowest BCUT2D eigenvalue weighted by Crippen LogP contribution is -2.20. The number of nitrogens with two attached hydrogens (primary N) is 3. The standard InChI is InChI=1S/C9H10N2.C8H10O.C8H10.C6H14N2.C6H14.C5H8N2.2C5H12.C4H9NO.C4H8O2.C4H10S.C4H10.C3H7NO.C3H8O.C2H6O.C2H6/c1-2-8-7-5-3-4-6-9(7)11-10-8;1-2-7-3-5-8(9)6-4-7;1-2-8-6-4-3-5-7-8;1-3-4-5-8-6(2)7;1-3-5-6-4-2;1-2-5-3-6-4-7-5;2*1-4-5(2)3;2*1-2-3-4(5)6;1-3-4-5-2;1-4(2)3;1-2-3(4)5;1-3(2)4;1-2-3;1-2/h3-6H,2H2,1H3,(H,10,11);3-6,9H,2H2,1H3;3-7H,2H2,1H3;8H,2-5,7H2,1H3;3-6H2,1-2H3;3-4H,2H2,1H3,(H,6,7);2*5H,4H2,1-3H3;2-3H2,1H3,(H2,5,6);2-3H2,1H3,(H,5,6);3-4H2,1-2H3;4H,1-3H3;2H2,1H3,(H2,4,5);3-4H,1-2H3;3H,2H2,1H3;1-2H3. The Labute approximate surface area is 584 Å². The van der Waals surface area contributed by atoms with Crippen molar-refractivity contribution in [2.45, 2.75) is 295 Å². The smallest absolute Gasteiger partial charge is 0.239 e. The lowest BCUT2D eigenvalue weighted by Gasteiger charge is -2.00. The summed E-state index contributed by atoms with van der Waals surface area (Å²) in [6.45, 7) is 56.3. The maximum Gasteiger partial charge on any atom is 0.239 e. The molecule has 0 saturated carbocycles. The lowest BCUT2D eigenvalue weighted by atomic mass is 10.2. The van der Waals surface area contributed by atoms with Crippen molar-refractivity contribution in [3.8, 4) is 5.75 Å². The second-order valence-electron chi connectivity index (χ2n) is 22.3. The molecule has 2 heterocycles. The number of thioether (sulfide) groups is 1. The van der Waals surface area contributed by atoms with E-state index < -0.39 is 5.97 Å². The Kier molecular flexibility index (Phi) is 118. The molecule has 0 unspecified atom stereocenters. The van der Waals surface area contributed by atoms with Crippen LogP contribution in [-0.2, 0) is 40.1 Å². The quantitative estimate of drug-likeness (QED) is 0.0330. The number of aromatic amines is 3. The first kappa shape index (κ1) is 112. The number of primary amides is 2. The second-order valence-corrected chi connectivity index (χ2v) is 23.3. The number of unbranched alkanes of at least 4 members (excludes halogenated alkanes) is 4. The molecule has 0 bridgehead atoms. The molecule has 0 fully saturated rings. The average Bonchev–Trinajstić information content (AvgIpc) is 1.73. The van der Waals surface area contributed by atoms with Gasteiger partial charge in [-0.15, -0.1) is 0 Å². The highest BCUT2D eigenvalue weighted by Crippen LogP contribution is 2.15. The van der Waals surface area contributed by atoms with Gasteiger partial charge in [0.25, 0.3) is 0 Å². The molecule has 0 spiro atoms. The van der Waals surface area contributed by atoms with Crippen molar-refractivity contribution in [3.63, 3.8) is 0 Å². The third-order valence-corrected chi connectivity index (χ3v) is 11.5. The minimum Gasteiger partial charge on any atom is -0.550 e. The zero-order valence-corrected chi connectivity index (χ0v) is 66.4. The Balaban J connectivity index is -0.0000000881. The number of carboxylic acid groups (broad SMARTS) is 1. The molecule has 15 nitrogen and oxygen atoms in total. The Bertz CT molecular complexity index is 2100. The number of rotatable bonds is 20. The number of imidazole rings is 1. The average molecular weight is 1350 g/mol. The van der Waals surface area contributed by atoms with E-state index in [0.717, 1.165) is 68.3 Å². The van der Waals surface area contributed by atoms with E-state index in [1.54, 1.807) is 46.8 Å². The predicted molar refractivity (Wildman–Crippen MR) is 416 cm³/mol. The molecule has 2 amide bonds. The van der Waals surface area contributed by atoms with Gasteiger partial charge < -0.3 is 47.7 Å². The van der Waals surface area contributed by atoms with Crippen LogP contribution in [0.5, 0.6) is 5.75 Å². The molecule has 0 saturated heterocycles. The summed E-state index contributed by atoms with van der Waals surface area (Å²) in [4.78, 5) is 34.9. The van der Waals surface area contributed by atoms with Gasteiger partial charge in [0, 0.05) is 55.6 Å². The molecular weight excluding hydrogens is 1190 g/mol. The molecule has 0 atom stereocenters. The third kappa shape index (κ3) is 131. The van der Waals surface area contributed by atoms with E-state index in [1.165, 1.54) is 85.0 Å². The molecular formula is C78H154N8O7S. The van der Waals surface area contributed by atoms with E-state index in [4.69, 9.17) is 26.8 Å². The molecule has 16 heteroatoms. The van der Waals surface area contributed by atoms with Gasteiger partial charge in [-0.2, -0.15) is 16.9 Å². The first-order chi connectivity index (χ1) is 44.4. The summed E-state index contributed by atoms with van der Waals surface area (Å²) >= 11 is 1.90. The summed E-state index contributed by atoms with van der Waals surface area (Å²) in [5.41, 5.74) is 20.8. The number of nitrogens with one attached hydrogen (secondary N) is 4. The van der Waals surface area contributed by atoms with E-state index in [2.05, 4.69) is 192 Å². The predicted octanol–water partition coefficient (Wildman–Crippen LogP) is 18.7. The van der Waals surface area contributed by atoms with Crippen LogP contribution >= 0.6 is 11.8 Å². The van der Waals surface area contributed by atoms with Gasteiger partial charge in [-0.25, -0.2) is 4.98 Å². The fraction of sp³-hybridized carbons (Fsp3) is 0.654. The Morgan fingerprint density at radius 3 is 1.26 bits per heavy atom. The van der Waals surface area contributed by atoms with Crippen molar-refractivity contribution >= 4 is 40.4 Å². The molecule has 94 heavy (non-hydrogen) atoms. The molecule has 3 aromatic carbocycles. The first-order valence-electron chi connectivity index (χ1n) is 35.4. The SMILES string of the molecule is C=C(N)NCCCC.CC.CC(C)C.CC(C)O.CCC(C)C.CCC(C)C.CCC(N)=O.CCCC(=O)[O-].CCCC(N)=O.CCCCCC.CCCSC.CCO.CCc1[nH]nc2ccccc12.CCc1c[nH+]c[nH]1.CCc1ccc(O)cc1.CCc1ccccc1. The Morgan fingerprint density at radius 2 is 1.02 bits per heavy atom. The van der Waals surface area contributed by atoms with Gasteiger partial charge in [0.1, 0.15) is 17.6 Å². The third-order valence-electron chi connectivity index (χ3n) is 10.6. The number of hydrogen-bond acceptors (Lipinski definition) is 11. The molecule has 0 aliphatic heterocycles. The number of carboxylic acids is 1. The van der Waals surface area contributed by atoms with Crippen LogP contribution in [0.4, 0.5) is 0 Å². The Hall–Kier alpha value is -5.84. The highest BCUT2D eigenvalue weighted by molar-refractivity contribution is 7.98. The van der Waals surface area contributed by atoms with Crippen LogP contribution in [0, 0.1) is 17.8 Å². The van der Waals surface area contributed by atoms with Gasteiger partial charge in [-0.3, -0.25) is 19.7 Å². The highest BCUT2D eigenvalue weighted by atomic mass is 32.2. The number of benzene rings is 3.